The maximum atomic E-state index is 6.39. The van der Waals surface area contributed by atoms with E-state index in [1.807, 2.05) is 18.2 Å². The topological polar surface area (TPSA) is 29.5 Å². The van der Waals surface area contributed by atoms with Crippen LogP contribution in [0.2, 0.25) is 0 Å². The van der Waals surface area contributed by atoms with E-state index in [0.29, 0.717) is 0 Å². The molecule has 10 aromatic rings. The Morgan fingerprint density at radius 3 is 1.83 bits per heavy atom. The molecule has 0 saturated heterocycles. The minimum Gasteiger partial charge on any atom is -0.456 e. The Morgan fingerprint density at radius 2 is 0.981 bits per heavy atom. The van der Waals surface area contributed by atoms with Gasteiger partial charge in [0, 0.05) is 38.2 Å². The van der Waals surface area contributed by atoms with E-state index in [-0.39, 0.29) is 5.41 Å². The number of hydrogen-bond donors (Lipinski definition) is 0. The summed E-state index contributed by atoms with van der Waals surface area (Å²) in [4.78, 5) is 2.47. The van der Waals surface area contributed by atoms with Gasteiger partial charge in [0.05, 0.1) is 11.4 Å². The number of rotatable bonds is 5. The summed E-state index contributed by atoms with van der Waals surface area (Å²) in [5.41, 5.74) is 16.5. The second-order valence-corrected chi connectivity index (χ2v) is 14.9. The molecule has 1 aliphatic rings. The Balaban J connectivity index is 1.12. The van der Waals surface area contributed by atoms with E-state index in [0.717, 1.165) is 77.5 Å². The van der Waals surface area contributed by atoms with Crippen LogP contribution in [0.15, 0.2) is 185 Å². The quantitative estimate of drug-likeness (QED) is 0.180. The van der Waals surface area contributed by atoms with Gasteiger partial charge in [0.2, 0.25) is 0 Å². The maximum absolute atomic E-state index is 6.39. The molecule has 8 aromatic carbocycles. The molecule has 0 N–H and O–H groups in total. The molecular weight excluding hydrogens is 659 g/mol. The average molecular weight is 694 g/mol. The molecule has 0 bridgehead atoms. The van der Waals surface area contributed by atoms with Crippen molar-refractivity contribution < 1.29 is 8.83 Å². The predicted octanol–water partition coefficient (Wildman–Crippen LogP) is 14.6. The van der Waals surface area contributed by atoms with Crippen molar-refractivity contribution in [3.05, 3.63) is 187 Å². The second kappa shape index (κ2) is 11.6. The summed E-state index contributed by atoms with van der Waals surface area (Å²) in [7, 11) is 0. The fourth-order valence-electron chi connectivity index (χ4n) is 9.02. The summed E-state index contributed by atoms with van der Waals surface area (Å²) in [5.74, 6) is 0. The summed E-state index contributed by atoms with van der Waals surface area (Å²) in [6.45, 7) is 4.72. The van der Waals surface area contributed by atoms with Crippen LogP contribution in [0.1, 0.15) is 25.0 Å². The molecule has 0 atom stereocenters. The lowest BCUT2D eigenvalue weighted by Gasteiger charge is -2.33. The number of para-hydroxylation sites is 3. The van der Waals surface area contributed by atoms with Gasteiger partial charge in [-0.25, -0.2) is 0 Å². The average Bonchev–Trinajstić information content (AvgIpc) is 3.86. The van der Waals surface area contributed by atoms with Crippen molar-refractivity contribution in [3.8, 4) is 33.4 Å². The first kappa shape index (κ1) is 30.8. The molecule has 54 heavy (non-hydrogen) atoms. The van der Waals surface area contributed by atoms with Gasteiger partial charge in [-0.3, -0.25) is 0 Å². The highest BCUT2D eigenvalue weighted by Crippen LogP contribution is 2.55. The van der Waals surface area contributed by atoms with Gasteiger partial charge in [0.15, 0.2) is 0 Å². The van der Waals surface area contributed by atoms with Gasteiger partial charge in [0.1, 0.15) is 22.3 Å². The zero-order valence-electron chi connectivity index (χ0n) is 30.0. The molecule has 0 radical (unpaired) electrons. The predicted molar refractivity (Wildman–Crippen MR) is 224 cm³/mol. The van der Waals surface area contributed by atoms with E-state index in [4.69, 9.17) is 8.83 Å². The lowest BCUT2D eigenvalue weighted by molar-refractivity contribution is 0.661. The van der Waals surface area contributed by atoms with Crippen LogP contribution in [0.3, 0.4) is 0 Å². The third-order valence-electron chi connectivity index (χ3n) is 11.5. The Morgan fingerprint density at radius 1 is 0.407 bits per heavy atom. The van der Waals surface area contributed by atoms with Crippen LogP contribution in [-0.2, 0) is 5.41 Å². The first-order chi connectivity index (χ1) is 26.5. The molecule has 2 aromatic heterocycles. The van der Waals surface area contributed by atoms with Gasteiger partial charge in [-0.1, -0.05) is 135 Å². The molecule has 3 heteroatoms. The van der Waals surface area contributed by atoms with E-state index < -0.39 is 0 Å². The number of hydrogen-bond acceptors (Lipinski definition) is 3. The van der Waals surface area contributed by atoms with E-state index in [1.54, 1.807) is 0 Å². The van der Waals surface area contributed by atoms with Gasteiger partial charge < -0.3 is 13.7 Å². The summed E-state index contributed by atoms with van der Waals surface area (Å²) in [6.07, 6.45) is 0. The molecule has 3 nitrogen and oxygen atoms in total. The van der Waals surface area contributed by atoms with Gasteiger partial charge >= 0.3 is 0 Å². The van der Waals surface area contributed by atoms with E-state index >= 15 is 0 Å². The summed E-state index contributed by atoms with van der Waals surface area (Å²) >= 11 is 0. The SMILES string of the molecule is CC1(C)c2ccccc2-c2cccc(N(c3ccc(-c4ccc5c(c4)oc4ccccc45)cc3)c3ccccc3-c3cccc4oc5ccccc5c34)c21. The third-order valence-corrected chi connectivity index (χ3v) is 11.5. The molecule has 11 rings (SSSR count). The van der Waals surface area contributed by atoms with Crippen LogP contribution in [-0.4, -0.2) is 0 Å². The lowest BCUT2D eigenvalue weighted by atomic mass is 9.81. The van der Waals surface area contributed by atoms with Crippen LogP contribution in [0.4, 0.5) is 17.1 Å². The van der Waals surface area contributed by atoms with E-state index in [9.17, 15) is 0 Å². The molecule has 0 amide bonds. The number of anilines is 3. The molecule has 0 aliphatic heterocycles. The van der Waals surface area contributed by atoms with E-state index in [2.05, 4.69) is 176 Å². The second-order valence-electron chi connectivity index (χ2n) is 14.9. The maximum Gasteiger partial charge on any atom is 0.136 e. The zero-order chi connectivity index (χ0) is 36.0. The van der Waals surface area contributed by atoms with Gasteiger partial charge in [-0.2, -0.15) is 0 Å². The Hall–Kier alpha value is -6.84. The summed E-state index contributed by atoms with van der Waals surface area (Å²) in [6, 6.07) is 63.0. The molecule has 2 heterocycles. The van der Waals surface area contributed by atoms with Crippen LogP contribution >= 0.6 is 0 Å². The fraction of sp³-hybridized carbons (Fsp3) is 0.0588. The van der Waals surface area contributed by atoms with Gasteiger partial charge in [-0.15, -0.1) is 0 Å². The Labute approximate surface area is 313 Å². The highest BCUT2D eigenvalue weighted by Gasteiger charge is 2.39. The summed E-state index contributed by atoms with van der Waals surface area (Å²) < 4.78 is 12.7. The standard InChI is InChI=1S/C51H35NO2/c1-51(2)42-19-7-3-13-35(42)40-18-11-21-44(50(40)51)52(34-28-25-32(26-29-34)33-27-30-38-37-15-5-9-22-45(37)54-48(38)31-33)43-20-8-4-14-36(43)39-17-12-24-47-49(39)41-16-6-10-23-46(41)53-47/h3-31H,1-2H3. The molecule has 1 aliphatic carbocycles. The normalized spacial score (nSPS) is 13.1. The molecule has 0 spiro atoms. The first-order valence-electron chi connectivity index (χ1n) is 18.6. The van der Waals surface area contributed by atoms with Crippen molar-refractivity contribution in [2.24, 2.45) is 0 Å². The molecule has 0 unspecified atom stereocenters. The fourth-order valence-corrected chi connectivity index (χ4v) is 9.02. The van der Waals surface area contributed by atoms with Gasteiger partial charge in [0.25, 0.3) is 0 Å². The number of benzene rings is 8. The van der Waals surface area contributed by atoms with Gasteiger partial charge in [-0.05, 0) is 93.5 Å². The van der Waals surface area contributed by atoms with Crippen molar-refractivity contribution in [1.29, 1.82) is 0 Å². The van der Waals surface area contributed by atoms with Crippen molar-refractivity contribution in [2.75, 3.05) is 4.90 Å². The van der Waals surface area contributed by atoms with E-state index in [1.165, 1.54) is 27.9 Å². The Kier molecular flexibility index (Phi) is 6.60. The lowest BCUT2D eigenvalue weighted by Crippen LogP contribution is -2.21. The largest absolute Gasteiger partial charge is 0.456 e. The molecule has 0 saturated carbocycles. The van der Waals surface area contributed by atoms with Crippen molar-refractivity contribution in [3.63, 3.8) is 0 Å². The smallest absolute Gasteiger partial charge is 0.136 e. The highest BCUT2D eigenvalue weighted by molar-refractivity contribution is 6.14. The zero-order valence-corrected chi connectivity index (χ0v) is 30.0. The first-order valence-corrected chi connectivity index (χ1v) is 18.6. The van der Waals surface area contributed by atoms with Crippen LogP contribution in [0, 0.1) is 0 Å². The van der Waals surface area contributed by atoms with Crippen LogP contribution in [0.25, 0.3) is 77.3 Å². The van der Waals surface area contributed by atoms with Crippen LogP contribution < -0.4 is 4.90 Å². The summed E-state index contributed by atoms with van der Waals surface area (Å²) in [5, 5.41) is 4.52. The number of fused-ring (bicyclic) bond motifs is 9. The van der Waals surface area contributed by atoms with Crippen LogP contribution in [0.5, 0.6) is 0 Å². The molecule has 256 valence electrons. The monoisotopic (exact) mass is 693 g/mol. The Bertz CT molecular complexity index is 3090. The number of furan rings is 2. The van der Waals surface area contributed by atoms with Crippen molar-refractivity contribution >= 4 is 60.9 Å². The highest BCUT2D eigenvalue weighted by atomic mass is 16.3. The third kappa shape index (κ3) is 4.48. The van der Waals surface area contributed by atoms with Crippen molar-refractivity contribution in [1.82, 2.24) is 0 Å². The molecule has 0 fully saturated rings. The minimum absolute atomic E-state index is 0.210. The minimum atomic E-state index is -0.210. The van der Waals surface area contributed by atoms with Crippen molar-refractivity contribution in [2.45, 2.75) is 19.3 Å². The molecular formula is C51H35NO2. The number of nitrogens with zero attached hydrogens (tertiary/aromatic N) is 1.